The number of amides is 1. The van der Waals surface area contributed by atoms with Crippen LogP contribution in [0.2, 0.25) is 0 Å². The molecule has 3 aliphatic rings. The first-order valence-corrected chi connectivity index (χ1v) is 11.2. The van der Waals surface area contributed by atoms with E-state index in [1.807, 2.05) is 0 Å². The lowest BCUT2D eigenvalue weighted by Gasteiger charge is -2.50. The number of aromatic hydroxyl groups is 1. The molecule has 0 aliphatic heterocycles. The predicted octanol–water partition coefficient (Wildman–Crippen LogP) is 1.56. The van der Waals surface area contributed by atoms with Gasteiger partial charge in [-0.2, -0.15) is 0 Å². The minimum absolute atomic E-state index is 0.0451. The molecule has 1 aromatic rings. The summed E-state index contributed by atoms with van der Waals surface area (Å²) >= 11 is 0. The van der Waals surface area contributed by atoms with Crippen molar-refractivity contribution in [1.82, 2.24) is 4.90 Å². The summed E-state index contributed by atoms with van der Waals surface area (Å²) in [6, 6.07) is 0.119. The van der Waals surface area contributed by atoms with Gasteiger partial charge in [-0.3, -0.25) is 19.3 Å². The molecule has 0 spiro atoms. The number of halogens is 1. The van der Waals surface area contributed by atoms with Gasteiger partial charge in [-0.25, -0.2) is 4.39 Å². The van der Waals surface area contributed by atoms with E-state index in [1.54, 1.807) is 34.9 Å². The maximum absolute atomic E-state index is 15.0. The van der Waals surface area contributed by atoms with Gasteiger partial charge >= 0.3 is 0 Å². The van der Waals surface area contributed by atoms with Gasteiger partial charge in [0.2, 0.25) is 5.78 Å². The maximum atomic E-state index is 15.0. The van der Waals surface area contributed by atoms with Crippen molar-refractivity contribution in [2.24, 2.45) is 17.6 Å². The summed E-state index contributed by atoms with van der Waals surface area (Å²) in [5.74, 6) is -8.09. The fourth-order valence-electron chi connectivity index (χ4n) is 5.98. The van der Waals surface area contributed by atoms with E-state index in [0.29, 0.717) is 0 Å². The topological polar surface area (TPSA) is 161 Å². The fraction of sp³-hybridized carbons (Fsp3) is 0.480. The van der Waals surface area contributed by atoms with Crippen LogP contribution in [-0.2, 0) is 21.4 Å². The number of aliphatic hydroxyl groups excluding tert-OH is 2. The summed E-state index contributed by atoms with van der Waals surface area (Å²) in [6.45, 7) is 5.01. The monoisotopic (exact) mass is 488 g/mol. The van der Waals surface area contributed by atoms with Crippen LogP contribution in [0.3, 0.4) is 0 Å². The van der Waals surface area contributed by atoms with Crippen molar-refractivity contribution in [2.75, 3.05) is 14.1 Å². The molecule has 6 N–H and O–H groups in total. The van der Waals surface area contributed by atoms with Crippen molar-refractivity contribution in [3.05, 3.63) is 51.2 Å². The summed E-state index contributed by atoms with van der Waals surface area (Å²) in [7, 11) is 3.10. The number of phenols is 1. The lowest BCUT2D eigenvalue weighted by molar-refractivity contribution is -0.148. The highest BCUT2D eigenvalue weighted by Gasteiger charge is 2.63. The molecule has 1 aromatic carbocycles. The average molecular weight is 489 g/mol. The summed E-state index contributed by atoms with van der Waals surface area (Å²) in [6.07, 6.45) is -0.00138. The smallest absolute Gasteiger partial charge is 0.255 e. The van der Waals surface area contributed by atoms with Gasteiger partial charge in [-0.15, -0.1) is 0 Å². The zero-order valence-electron chi connectivity index (χ0n) is 20.1. The van der Waals surface area contributed by atoms with E-state index in [0.717, 1.165) is 0 Å². The SMILES string of the molecule is CN(C)[C@@H]1C(O)=C(C(N)=O)C(=O)[C@@]2(O)C(O)=C3C(=O)c4c(cc(F)c(C(C)(C)C)c4O)C[C@H]3C[C@@H]12. The first-order valence-electron chi connectivity index (χ1n) is 11.2. The number of allylic oxidation sites excluding steroid dienone is 1. The molecule has 0 unspecified atom stereocenters. The number of aliphatic hydroxyl groups is 3. The molecule has 0 fully saturated rings. The molecule has 35 heavy (non-hydrogen) atoms. The van der Waals surface area contributed by atoms with E-state index in [-0.39, 0.29) is 35.1 Å². The molecule has 0 saturated heterocycles. The Hall–Kier alpha value is -3.24. The van der Waals surface area contributed by atoms with Crippen molar-refractivity contribution in [2.45, 2.75) is 50.7 Å². The van der Waals surface area contributed by atoms with Crippen LogP contribution in [0.1, 0.15) is 48.7 Å². The van der Waals surface area contributed by atoms with Gasteiger partial charge in [0.25, 0.3) is 5.91 Å². The minimum atomic E-state index is -2.70. The Morgan fingerprint density at radius 3 is 2.31 bits per heavy atom. The van der Waals surface area contributed by atoms with Gasteiger partial charge < -0.3 is 26.2 Å². The summed E-state index contributed by atoms with van der Waals surface area (Å²) in [4.78, 5) is 40.3. The van der Waals surface area contributed by atoms with Crippen molar-refractivity contribution in [3.63, 3.8) is 0 Å². The second kappa shape index (κ2) is 7.63. The molecule has 9 nitrogen and oxygen atoms in total. The molecule has 188 valence electrons. The maximum Gasteiger partial charge on any atom is 0.255 e. The minimum Gasteiger partial charge on any atom is -0.510 e. The number of benzene rings is 1. The second-order valence-electron chi connectivity index (χ2n) is 10.8. The van der Waals surface area contributed by atoms with Gasteiger partial charge in [0.05, 0.1) is 11.6 Å². The third kappa shape index (κ3) is 3.23. The molecule has 0 bridgehead atoms. The van der Waals surface area contributed by atoms with E-state index in [9.17, 15) is 39.2 Å². The van der Waals surface area contributed by atoms with Crippen LogP contribution in [0, 0.1) is 17.7 Å². The van der Waals surface area contributed by atoms with Crippen LogP contribution < -0.4 is 5.73 Å². The van der Waals surface area contributed by atoms with Gasteiger partial charge in [-0.05, 0) is 49.9 Å². The third-order valence-corrected chi connectivity index (χ3v) is 7.42. The zero-order chi connectivity index (χ0) is 26.4. The van der Waals surface area contributed by atoms with Crippen LogP contribution in [0.25, 0.3) is 0 Å². The molecule has 4 rings (SSSR count). The molecule has 10 heteroatoms. The molecule has 0 heterocycles. The number of phenolic OH excluding ortho intramolecular Hbond substituents is 1. The zero-order valence-corrected chi connectivity index (χ0v) is 20.1. The van der Waals surface area contributed by atoms with Crippen LogP contribution in [-0.4, -0.2) is 68.5 Å². The number of ketones is 2. The first kappa shape index (κ1) is 24.9. The molecule has 1 amide bonds. The van der Waals surface area contributed by atoms with E-state index in [1.165, 1.54) is 11.0 Å². The third-order valence-electron chi connectivity index (χ3n) is 7.42. The Labute approximate surface area is 201 Å². The fourth-order valence-corrected chi connectivity index (χ4v) is 5.98. The summed E-state index contributed by atoms with van der Waals surface area (Å²) in [5.41, 5.74) is 0.607. The number of carbonyl (C=O) groups excluding carboxylic acids is 3. The summed E-state index contributed by atoms with van der Waals surface area (Å²) in [5, 5.41) is 44.4. The molecular weight excluding hydrogens is 459 g/mol. The van der Waals surface area contributed by atoms with Crippen LogP contribution in [0.5, 0.6) is 5.75 Å². The Bertz CT molecular complexity index is 1260. The highest BCUT2D eigenvalue weighted by molar-refractivity contribution is 6.24. The van der Waals surface area contributed by atoms with Gasteiger partial charge in [0, 0.05) is 17.1 Å². The Balaban J connectivity index is 1.98. The number of likely N-dealkylation sites (N-methyl/N-ethyl adjacent to an activating group) is 1. The van der Waals surface area contributed by atoms with Crippen LogP contribution in [0.15, 0.2) is 28.7 Å². The number of carbonyl (C=O) groups is 3. The van der Waals surface area contributed by atoms with Crippen molar-refractivity contribution in [3.8, 4) is 5.75 Å². The number of fused-ring (bicyclic) bond motifs is 3. The lowest BCUT2D eigenvalue weighted by Crippen LogP contribution is -2.63. The number of hydrogen-bond acceptors (Lipinski definition) is 8. The van der Waals surface area contributed by atoms with Crippen molar-refractivity contribution < 1.29 is 39.2 Å². The van der Waals surface area contributed by atoms with Gasteiger partial charge in [0.1, 0.15) is 28.7 Å². The van der Waals surface area contributed by atoms with E-state index < -0.39 is 75.0 Å². The van der Waals surface area contributed by atoms with E-state index >= 15 is 0 Å². The molecule has 0 radical (unpaired) electrons. The predicted molar refractivity (Wildman–Crippen MR) is 122 cm³/mol. The Kier molecular flexibility index (Phi) is 5.42. The quantitative estimate of drug-likeness (QED) is 0.392. The number of Topliss-reactive ketones (excluding diaryl/α,β-unsaturated/α-hetero) is 2. The number of rotatable bonds is 2. The van der Waals surface area contributed by atoms with Gasteiger partial charge in [0.15, 0.2) is 11.4 Å². The lowest BCUT2D eigenvalue weighted by atomic mass is 9.58. The highest BCUT2D eigenvalue weighted by atomic mass is 19.1. The first-order chi connectivity index (χ1) is 16.0. The number of primary amides is 1. The number of nitrogens with zero attached hydrogens (tertiary/aromatic N) is 1. The number of hydrogen-bond donors (Lipinski definition) is 5. The number of nitrogens with two attached hydrogens (primary N) is 1. The van der Waals surface area contributed by atoms with Crippen molar-refractivity contribution in [1.29, 1.82) is 0 Å². The Morgan fingerprint density at radius 2 is 1.80 bits per heavy atom. The second-order valence-corrected chi connectivity index (χ2v) is 10.8. The molecule has 0 aromatic heterocycles. The van der Waals surface area contributed by atoms with Crippen LogP contribution >= 0.6 is 0 Å². The normalized spacial score (nSPS) is 28.7. The largest absolute Gasteiger partial charge is 0.510 e. The summed E-state index contributed by atoms with van der Waals surface area (Å²) < 4.78 is 15.0. The van der Waals surface area contributed by atoms with Crippen LogP contribution in [0.4, 0.5) is 4.39 Å². The standard InChI is InChI=1S/C25H29FN2O7/c1-24(2,3)16-12(26)8-10-6-9-7-11-17(28(4)5)20(31)15(23(27)34)22(33)25(11,35)21(32)14(9)18(29)13(10)19(16)30/h8-9,11,17,30-32,35H,6-7H2,1-5H3,(H2,27,34)/t9-,11-,17-,25-/m0/s1. The molecule has 3 aliphatic carbocycles. The van der Waals surface area contributed by atoms with Crippen molar-refractivity contribution >= 4 is 17.5 Å². The molecule has 4 atom stereocenters. The highest BCUT2D eigenvalue weighted by Crippen LogP contribution is 2.53. The average Bonchev–Trinajstić information content (AvgIpc) is 2.68. The molecule has 0 saturated carbocycles. The molecular formula is C25H29FN2O7. The van der Waals surface area contributed by atoms with E-state index in [2.05, 4.69) is 0 Å². The van der Waals surface area contributed by atoms with Gasteiger partial charge in [-0.1, -0.05) is 20.8 Å². The Morgan fingerprint density at radius 1 is 1.20 bits per heavy atom. The van der Waals surface area contributed by atoms with E-state index in [4.69, 9.17) is 5.73 Å².